The van der Waals surface area contributed by atoms with Crippen LogP contribution in [0.3, 0.4) is 0 Å². The summed E-state index contributed by atoms with van der Waals surface area (Å²) in [5, 5.41) is 22.5. The van der Waals surface area contributed by atoms with Crippen molar-refractivity contribution in [1.29, 1.82) is 0 Å². The molecule has 25 heteroatoms. The molecule has 89 heavy (non-hydrogen) atoms. The van der Waals surface area contributed by atoms with Crippen molar-refractivity contribution in [3.8, 4) is 10.4 Å². The number of alkyl halides is 2. The van der Waals surface area contributed by atoms with Gasteiger partial charge < -0.3 is 55.6 Å². The molecule has 3 saturated heterocycles. The number of likely N-dealkylation sites (tertiary alicyclic amines) is 3. The molecule has 3 aromatic carbocycles. The molecule has 0 spiro atoms. The first kappa shape index (κ1) is 68.4. The number of rotatable bonds is 23. The maximum Gasteiger partial charge on any atom is 0.399 e. The second-order valence-electron chi connectivity index (χ2n) is 25.8. The first-order chi connectivity index (χ1) is 41.9. The SMILES string of the molecule is Cc1ncsc1-c1ccc(C(C)NC(=O)[C@@H]2C[C@@H](O)CN2C(=O)C(NC(=O)CCCCCCNC(=O)CO[C@H]2C[C@@H](C(=O)N3CCC[C@H](c4ccccc4)C3)N(C(=O)C(NC(=O)c3cc4cc(C(F)(F)P(=O)(O)O)ccc4s3)C(C)(C)C)C2)C(C)(C)C)cc1. The molecule has 8 rings (SSSR count). The van der Waals surface area contributed by atoms with Gasteiger partial charge in [0.25, 0.3) is 5.91 Å². The van der Waals surface area contributed by atoms with Crippen LogP contribution in [0.4, 0.5) is 8.78 Å². The standard InChI is InChI=1S/C64H83F2N8O12PS2/c1-38(40-21-23-42(24-22-40)54-39(2)68-37-88-54)69-57(78)48-31-46(75)34-73(48)60(81)55(62(3,4)5)70-52(76)20-14-9-10-15-27-67-53(77)36-86-47-32-49(59(80)72-28-16-19-43(33-72)41-17-12-11-13-18-41)74(35-47)61(82)56(63(6,7)8)71-58(79)51-30-44-29-45(25-26-50(44)89-51)64(65,66)87(83,84)85/h11-13,17-18,21-26,29-30,37-38,43,46-49,55-56,75H,9-10,14-16,19-20,27-28,31-36H2,1-8H3,(H,67,77)(H,69,78)(H,70,76)(H,71,79)(H2,83,84,85)/t38?,43-,46+,47-,48-,49-,55?,56?/m0/s1. The van der Waals surface area contributed by atoms with Gasteiger partial charge in [0.05, 0.1) is 39.2 Å². The van der Waals surface area contributed by atoms with E-state index in [9.17, 15) is 61.8 Å². The number of carbonyl (C=O) groups excluding carboxylic acids is 7. The van der Waals surface area contributed by atoms with Crippen LogP contribution in [0.5, 0.6) is 0 Å². The number of halogens is 2. The van der Waals surface area contributed by atoms with E-state index in [1.165, 1.54) is 21.9 Å². The third-order valence-electron chi connectivity index (χ3n) is 16.8. The van der Waals surface area contributed by atoms with Crippen LogP contribution in [0.25, 0.3) is 20.5 Å². The van der Waals surface area contributed by atoms with Crippen molar-refractivity contribution in [2.45, 2.75) is 167 Å². The van der Waals surface area contributed by atoms with Crippen LogP contribution in [-0.4, -0.2) is 152 Å². The van der Waals surface area contributed by atoms with E-state index in [2.05, 4.69) is 26.3 Å². The van der Waals surface area contributed by atoms with Gasteiger partial charge in [-0.2, -0.15) is 8.78 Å². The van der Waals surface area contributed by atoms with Crippen molar-refractivity contribution in [3.63, 3.8) is 0 Å². The summed E-state index contributed by atoms with van der Waals surface area (Å²) in [5.41, 5.74) is -1.32. The number of hydrogen-bond acceptors (Lipinski definition) is 13. The van der Waals surface area contributed by atoms with Crippen LogP contribution in [-0.2, 0) is 43.7 Å². The van der Waals surface area contributed by atoms with Gasteiger partial charge in [-0.15, -0.1) is 22.7 Å². The van der Waals surface area contributed by atoms with Gasteiger partial charge >= 0.3 is 13.3 Å². The molecule has 0 radical (unpaired) electrons. The van der Waals surface area contributed by atoms with E-state index in [1.807, 2.05) is 89.2 Å². The van der Waals surface area contributed by atoms with Crippen LogP contribution < -0.4 is 21.3 Å². The lowest BCUT2D eigenvalue weighted by Gasteiger charge is -2.38. The monoisotopic (exact) mass is 1290 g/mol. The van der Waals surface area contributed by atoms with Crippen LogP contribution >= 0.6 is 30.3 Å². The summed E-state index contributed by atoms with van der Waals surface area (Å²) >= 11 is 2.50. The molecule has 0 aliphatic carbocycles. The van der Waals surface area contributed by atoms with Crippen LogP contribution in [0.1, 0.15) is 150 Å². The summed E-state index contributed by atoms with van der Waals surface area (Å²) in [6, 6.07) is 17.6. The smallest absolute Gasteiger partial charge is 0.391 e. The number of carbonyl (C=O) groups is 7. The molecule has 7 amide bonds. The Balaban J connectivity index is 0.818. The normalized spacial score (nSPS) is 20.2. The Hall–Kier alpha value is -6.53. The average Bonchev–Trinajstić information content (AvgIpc) is 1.88. The maximum absolute atomic E-state index is 14.9. The lowest BCUT2D eigenvalue weighted by atomic mass is 9.85. The van der Waals surface area contributed by atoms with E-state index in [0.717, 1.165) is 63.6 Å². The van der Waals surface area contributed by atoms with Gasteiger partial charge in [-0.25, -0.2) is 4.98 Å². The molecular formula is C64H83F2N8O12PS2. The van der Waals surface area contributed by atoms with Crippen molar-refractivity contribution in [1.82, 2.24) is 41.0 Å². The number of piperidine rings is 1. The van der Waals surface area contributed by atoms with Crippen molar-refractivity contribution in [3.05, 3.63) is 112 Å². The van der Waals surface area contributed by atoms with Crippen LogP contribution in [0.2, 0.25) is 0 Å². The minimum absolute atomic E-state index is 0.0504. The van der Waals surface area contributed by atoms with E-state index < -0.39 is 95.6 Å². The van der Waals surface area contributed by atoms with Gasteiger partial charge in [0.15, 0.2) is 0 Å². The highest BCUT2D eigenvalue weighted by Crippen LogP contribution is 2.59. The molecule has 2 aromatic heterocycles. The number of benzene rings is 3. The number of aliphatic hydroxyl groups is 1. The molecule has 3 aliphatic heterocycles. The van der Waals surface area contributed by atoms with Crippen LogP contribution in [0.15, 0.2) is 84.4 Å². The first-order valence-electron chi connectivity index (χ1n) is 30.3. The third kappa shape index (κ3) is 16.9. The maximum atomic E-state index is 14.9. The lowest BCUT2D eigenvalue weighted by Crippen LogP contribution is -2.58. The molecule has 20 nitrogen and oxygen atoms in total. The Labute approximate surface area is 526 Å². The number of nitrogens with zero attached hydrogens (tertiary/aromatic N) is 4. The highest BCUT2D eigenvalue weighted by atomic mass is 32.1. The van der Waals surface area contributed by atoms with Crippen LogP contribution in [0, 0.1) is 17.8 Å². The molecule has 3 unspecified atom stereocenters. The Morgan fingerprint density at radius 1 is 0.787 bits per heavy atom. The number of nitrogens with one attached hydrogen (secondary N) is 4. The van der Waals surface area contributed by atoms with E-state index >= 15 is 0 Å². The van der Waals surface area contributed by atoms with Gasteiger partial charge in [-0.05, 0) is 90.6 Å². The summed E-state index contributed by atoms with van der Waals surface area (Å²) in [7, 11) is -5.86. The second kappa shape index (κ2) is 28.7. The predicted octanol–water partition coefficient (Wildman–Crippen LogP) is 8.53. The molecule has 3 fully saturated rings. The average molecular weight is 1290 g/mol. The fourth-order valence-corrected chi connectivity index (χ4v) is 14.0. The molecule has 5 heterocycles. The van der Waals surface area contributed by atoms with E-state index in [1.54, 1.807) is 42.5 Å². The fourth-order valence-electron chi connectivity index (χ4n) is 11.8. The summed E-state index contributed by atoms with van der Waals surface area (Å²) in [5.74, 6) is -3.08. The summed E-state index contributed by atoms with van der Waals surface area (Å²) in [6.45, 7) is 15.3. The number of β-amino-alcohol motifs (C(OH)–C–C–N with tert-alkyl or cyclic N) is 1. The van der Waals surface area contributed by atoms with Gasteiger partial charge in [0.1, 0.15) is 30.8 Å². The lowest BCUT2D eigenvalue weighted by molar-refractivity contribution is -0.147. The molecule has 482 valence electrons. The van der Waals surface area contributed by atoms with Crippen molar-refractivity contribution < 1.29 is 66.5 Å². The van der Waals surface area contributed by atoms with Gasteiger partial charge in [0.2, 0.25) is 35.4 Å². The zero-order chi connectivity index (χ0) is 64.8. The molecule has 0 saturated carbocycles. The highest BCUT2D eigenvalue weighted by molar-refractivity contribution is 7.52. The van der Waals surface area contributed by atoms with Gasteiger partial charge in [-0.1, -0.05) is 115 Å². The Bertz CT molecular complexity index is 3400. The number of ether oxygens (including phenoxy) is 1. The second-order valence-corrected chi connectivity index (χ2v) is 29.4. The number of thiazole rings is 1. The molecule has 3 aliphatic rings. The quantitative estimate of drug-likeness (QED) is 0.0239. The summed E-state index contributed by atoms with van der Waals surface area (Å²) < 4.78 is 47.4. The van der Waals surface area contributed by atoms with Gasteiger partial charge in [-0.3, -0.25) is 38.1 Å². The third-order valence-corrected chi connectivity index (χ3v) is 19.9. The molecule has 0 bridgehead atoms. The van der Waals surface area contributed by atoms with Crippen molar-refractivity contribution >= 4 is 81.7 Å². The number of aromatic nitrogens is 1. The zero-order valence-corrected chi connectivity index (χ0v) is 54.2. The Morgan fingerprint density at radius 3 is 2.10 bits per heavy atom. The van der Waals surface area contributed by atoms with Gasteiger partial charge in [0, 0.05) is 68.2 Å². The van der Waals surface area contributed by atoms with Crippen molar-refractivity contribution in [2.24, 2.45) is 10.8 Å². The number of hydrogen-bond donors (Lipinski definition) is 7. The molecule has 8 atom stereocenters. The summed E-state index contributed by atoms with van der Waals surface area (Å²) in [6.07, 6.45) is 2.63. The minimum Gasteiger partial charge on any atom is -0.391 e. The molecular weight excluding hydrogens is 1210 g/mol. The first-order valence-corrected chi connectivity index (χ1v) is 33.6. The zero-order valence-electron chi connectivity index (χ0n) is 51.6. The van der Waals surface area contributed by atoms with E-state index in [-0.39, 0.29) is 73.0 Å². The fraction of sp³-hybridized carbons (Fsp3) is 0.531. The number of aryl methyl sites for hydroxylation is 1. The van der Waals surface area contributed by atoms with E-state index in [0.29, 0.717) is 50.0 Å². The Morgan fingerprint density at radius 2 is 1.45 bits per heavy atom. The van der Waals surface area contributed by atoms with E-state index in [4.69, 9.17) is 4.74 Å². The highest BCUT2D eigenvalue weighted by Gasteiger charge is 2.51. The summed E-state index contributed by atoms with van der Waals surface area (Å²) in [4.78, 5) is 127. The minimum atomic E-state index is -5.86. The van der Waals surface area contributed by atoms with Crippen molar-refractivity contribution in [2.75, 3.05) is 39.3 Å². The number of fused-ring (bicyclic) bond motifs is 1. The Kier molecular flexibility index (Phi) is 22.1. The number of aliphatic hydroxyl groups excluding tert-OH is 1. The number of unbranched alkanes of at least 4 members (excludes halogenated alkanes) is 3. The molecule has 7 N–H and O–H groups in total. The topological polar surface area (TPSA) is 277 Å². The molecule has 5 aromatic rings. The predicted molar refractivity (Wildman–Crippen MR) is 336 cm³/mol. The number of amides is 7. The number of thiophene rings is 1. The largest absolute Gasteiger partial charge is 0.399 e.